The number of carbonyl (C=O) groups excluding carboxylic acids is 1. The summed E-state index contributed by atoms with van der Waals surface area (Å²) in [6.45, 7) is 3.38. The third-order valence-electron chi connectivity index (χ3n) is 7.92. The molecule has 42 heavy (non-hydrogen) atoms. The number of piperazine rings is 1. The Balaban J connectivity index is 1.20. The molecular formula is C34H29FN4O2S. The number of halogens is 1. The number of rotatable bonds is 6. The number of hydrogen-bond donors (Lipinski definition) is 0. The van der Waals surface area contributed by atoms with Crippen molar-refractivity contribution in [2.75, 3.05) is 33.3 Å². The van der Waals surface area contributed by atoms with E-state index in [1.54, 1.807) is 30.6 Å². The number of hydrogen-bond acceptors (Lipinski definition) is 5. The Morgan fingerprint density at radius 2 is 1.64 bits per heavy atom. The van der Waals surface area contributed by atoms with E-state index in [0.717, 1.165) is 47.0 Å². The number of ether oxygens (including phenoxy) is 1. The molecule has 0 saturated carbocycles. The standard InChI is InChI=1S/C34H29FN4O2S/c1-41-28-13-8-23(9-14-28)33-29(22-37-16-18-38(19-17-37)34(40)24-6-11-27(35)12-7-24)39-21-26(10-15-32(39)36-33)31-20-25-4-2-3-5-30(25)42-31/h2-15,20-21H,16-19,22H2,1H3. The summed E-state index contributed by atoms with van der Waals surface area (Å²) in [6, 6.07) is 28.8. The second kappa shape index (κ2) is 11.0. The van der Waals surface area contributed by atoms with Crippen LogP contribution in [0.3, 0.4) is 0 Å². The monoisotopic (exact) mass is 576 g/mol. The summed E-state index contributed by atoms with van der Waals surface area (Å²) >= 11 is 1.79. The number of amides is 1. The van der Waals surface area contributed by atoms with E-state index in [2.05, 4.69) is 70.1 Å². The van der Waals surface area contributed by atoms with Crippen molar-refractivity contribution in [3.8, 4) is 27.4 Å². The van der Waals surface area contributed by atoms with Gasteiger partial charge in [0.1, 0.15) is 17.2 Å². The van der Waals surface area contributed by atoms with Gasteiger partial charge in [-0.1, -0.05) is 18.2 Å². The van der Waals surface area contributed by atoms with Crippen LogP contribution < -0.4 is 4.74 Å². The molecule has 0 N–H and O–H groups in total. The molecule has 0 aliphatic carbocycles. The van der Waals surface area contributed by atoms with Crippen molar-refractivity contribution < 1.29 is 13.9 Å². The number of thiophene rings is 1. The molecule has 1 fully saturated rings. The fourth-order valence-electron chi connectivity index (χ4n) is 5.59. The predicted molar refractivity (Wildman–Crippen MR) is 166 cm³/mol. The molecule has 6 aromatic rings. The molecule has 3 aromatic heterocycles. The molecular weight excluding hydrogens is 547 g/mol. The maximum absolute atomic E-state index is 13.4. The van der Waals surface area contributed by atoms with E-state index in [9.17, 15) is 9.18 Å². The van der Waals surface area contributed by atoms with Gasteiger partial charge in [0.2, 0.25) is 0 Å². The molecule has 4 heterocycles. The van der Waals surface area contributed by atoms with E-state index in [0.29, 0.717) is 25.2 Å². The van der Waals surface area contributed by atoms with Gasteiger partial charge < -0.3 is 14.0 Å². The van der Waals surface area contributed by atoms with Crippen molar-refractivity contribution in [2.45, 2.75) is 6.54 Å². The van der Waals surface area contributed by atoms with Gasteiger partial charge in [0, 0.05) is 65.2 Å². The first kappa shape index (κ1) is 26.4. The molecule has 3 aromatic carbocycles. The zero-order valence-electron chi connectivity index (χ0n) is 23.2. The van der Waals surface area contributed by atoms with Crippen LogP contribution in [0.5, 0.6) is 5.75 Å². The highest BCUT2D eigenvalue weighted by molar-refractivity contribution is 7.22. The Hall–Kier alpha value is -4.53. The molecule has 1 saturated heterocycles. The molecule has 0 bridgehead atoms. The number of aromatic nitrogens is 2. The van der Waals surface area contributed by atoms with Crippen molar-refractivity contribution in [3.05, 3.63) is 114 Å². The van der Waals surface area contributed by atoms with Gasteiger partial charge in [0.25, 0.3) is 5.91 Å². The van der Waals surface area contributed by atoms with Crippen LogP contribution in [0.1, 0.15) is 16.1 Å². The second-order valence-electron chi connectivity index (χ2n) is 10.5. The number of nitrogens with zero attached hydrogens (tertiary/aromatic N) is 4. The second-order valence-corrected chi connectivity index (χ2v) is 11.6. The number of pyridine rings is 1. The molecule has 0 radical (unpaired) electrons. The lowest BCUT2D eigenvalue weighted by Gasteiger charge is -2.34. The van der Waals surface area contributed by atoms with Crippen molar-refractivity contribution in [1.82, 2.24) is 19.2 Å². The maximum atomic E-state index is 13.4. The molecule has 0 atom stereocenters. The van der Waals surface area contributed by atoms with Gasteiger partial charge in [-0.05, 0) is 78.2 Å². The largest absolute Gasteiger partial charge is 0.497 e. The third kappa shape index (κ3) is 5.04. The SMILES string of the molecule is COc1ccc(-c2nc3ccc(-c4cc5ccccc5s4)cn3c2CN2CCN(C(=O)c3ccc(F)cc3)CC2)cc1. The Bertz CT molecular complexity index is 1850. The topological polar surface area (TPSA) is 50.1 Å². The fourth-order valence-corrected chi connectivity index (χ4v) is 6.64. The minimum atomic E-state index is -0.340. The minimum Gasteiger partial charge on any atom is -0.497 e. The van der Waals surface area contributed by atoms with Crippen molar-refractivity contribution >= 4 is 33.0 Å². The van der Waals surface area contributed by atoms with E-state index >= 15 is 0 Å². The lowest BCUT2D eigenvalue weighted by atomic mass is 10.1. The van der Waals surface area contributed by atoms with Crippen molar-refractivity contribution in [3.63, 3.8) is 0 Å². The highest BCUT2D eigenvalue weighted by Crippen LogP contribution is 2.35. The van der Waals surface area contributed by atoms with E-state index in [1.165, 1.54) is 27.1 Å². The fraction of sp³-hybridized carbons (Fsp3) is 0.176. The van der Waals surface area contributed by atoms with Crippen molar-refractivity contribution in [2.24, 2.45) is 0 Å². The molecule has 8 heteroatoms. The lowest BCUT2D eigenvalue weighted by molar-refractivity contribution is 0.0627. The van der Waals surface area contributed by atoms with Gasteiger partial charge in [-0.15, -0.1) is 11.3 Å². The number of benzene rings is 3. The molecule has 7 rings (SSSR count). The average molecular weight is 577 g/mol. The van der Waals surface area contributed by atoms with Crippen LogP contribution >= 0.6 is 11.3 Å². The van der Waals surface area contributed by atoms with E-state index in [4.69, 9.17) is 9.72 Å². The highest BCUT2D eigenvalue weighted by atomic mass is 32.1. The van der Waals surface area contributed by atoms with Crippen LogP contribution in [0.25, 0.3) is 37.4 Å². The molecule has 1 amide bonds. The van der Waals surface area contributed by atoms with E-state index in [1.807, 2.05) is 17.0 Å². The summed E-state index contributed by atoms with van der Waals surface area (Å²) in [5.74, 6) is 0.405. The van der Waals surface area contributed by atoms with Gasteiger partial charge >= 0.3 is 0 Å². The normalized spacial score (nSPS) is 14.1. The number of imidazole rings is 1. The maximum Gasteiger partial charge on any atom is 0.253 e. The summed E-state index contributed by atoms with van der Waals surface area (Å²) in [5.41, 5.74) is 5.64. The lowest BCUT2D eigenvalue weighted by Crippen LogP contribution is -2.48. The van der Waals surface area contributed by atoms with Crippen LogP contribution in [-0.2, 0) is 6.54 Å². The molecule has 0 unspecified atom stereocenters. The van der Waals surface area contributed by atoms with E-state index < -0.39 is 0 Å². The van der Waals surface area contributed by atoms with Crippen LogP contribution in [0.4, 0.5) is 4.39 Å². The van der Waals surface area contributed by atoms with Crippen LogP contribution in [0.15, 0.2) is 97.2 Å². The zero-order valence-corrected chi connectivity index (χ0v) is 24.0. The number of carbonyl (C=O) groups is 1. The summed E-state index contributed by atoms with van der Waals surface area (Å²) < 4.78 is 22.2. The van der Waals surface area contributed by atoms with E-state index in [-0.39, 0.29) is 11.7 Å². The van der Waals surface area contributed by atoms with Crippen LogP contribution in [0, 0.1) is 5.82 Å². The highest BCUT2D eigenvalue weighted by Gasteiger charge is 2.25. The zero-order chi connectivity index (χ0) is 28.6. The minimum absolute atomic E-state index is 0.0589. The summed E-state index contributed by atoms with van der Waals surface area (Å²) in [5, 5.41) is 1.25. The van der Waals surface area contributed by atoms with Crippen LogP contribution in [-0.4, -0.2) is 58.4 Å². The number of methoxy groups -OCH3 is 1. The van der Waals surface area contributed by atoms with Gasteiger partial charge in [-0.2, -0.15) is 0 Å². The Labute approximate surface area is 247 Å². The summed E-state index contributed by atoms with van der Waals surface area (Å²) in [6.07, 6.45) is 2.20. The molecule has 0 spiro atoms. The number of fused-ring (bicyclic) bond motifs is 2. The van der Waals surface area contributed by atoms with Gasteiger partial charge in [-0.3, -0.25) is 9.69 Å². The Kier molecular flexibility index (Phi) is 6.93. The molecule has 210 valence electrons. The first-order chi connectivity index (χ1) is 20.6. The van der Waals surface area contributed by atoms with Crippen molar-refractivity contribution in [1.29, 1.82) is 0 Å². The average Bonchev–Trinajstić information content (AvgIpc) is 3.63. The quantitative estimate of drug-likeness (QED) is 0.215. The first-order valence-electron chi connectivity index (χ1n) is 14.0. The summed E-state index contributed by atoms with van der Waals surface area (Å²) in [7, 11) is 1.67. The summed E-state index contributed by atoms with van der Waals surface area (Å²) in [4.78, 5) is 23.5. The smallest absolute Gasteiger partial charge is 0.253 e. The Morgan fingerprint density at radius 1 is 0.905 bits per heavy atom. The third-order valence-corrected chi connectivity index (χ3v) is 9.08. The first-order valence-corrected chi connectivity index (χ1v) is 14.8. The predicted octanol–water partition coefficient (Wildman–Crippen LogP) is 6.99. The van der Waals surface area contributed by atoms with Gasteiger partial charge in [-0.25, -0.2) is 9.37 Å². The molecule has 6 nitrogen and oxygen atoms in total. The van der Waals surface area contributed by atoms with Crippen LogP contribution in [0.2, 0.25) is 0 Å². The Morgan fingerprint density at radius 3 is 2.38 bits per heavy atom. The molecule has 1 aliphatic rings. The molecule has 1 aliphatic heterocycles. The van der Waals surface area contributed by atoms with Gasteiger partial charge in [0.05, 0.1) is 18.5 Å². The van der Waals surface area contributed by atoms with Gasteiger partial charge in [0.15, 0.2) is 0 Å².